The molecule has 4 nitrogen and oxygen atoms in total. The Morgan fingerprint density at radius 3 is 2.10 bits per heavy atom. The average molecular weight is 285 g/mol. The fraction of sp³-hybridized carbons (Fsp3) is 0.235. The zero-order valence-corrected chi connectivity index (χ0v) is 12.4. The first kappa shape index (κ1) is 15.1. The summed E-state index contributed by atoms with van der Waals surface area (Å²) < 4.78 is 5.06. The summed E-state index contributed by atoms with van der Waals surface area (Å²) in [5, 5.41) is 10.2. The number of aliphatic hydroxyl groups excluding tert-OH is 1. The lowest BCUT2D eigenvalue weighted by Crippen LogP contribution is -2.13. The van der Waals surface area contributed by atoms with Crippen LogP contribution in [0.3, 0.4) is 0 Å². The number of anilines is 1. The molecule has 2 rings (SSSR count). The number of rotatable bonds is 5. The van der Waals surface area contributed by atoms with Crippen molar-refractivity contribution in [1.29, 1.82) is 0 Å². The summed E-state index contributed by atoms with van der Waals surface area (Å²) in [6, 6.07) is 14.0. The zero-order chi connectivity index (χ0) is 15.4. The van der Waals surface area contributed by atoms with E-state index >= 15 is 0 Å². The second-order valence-electron chi connectivity index (χ2n) is 4.98. The highest BCUT2D eigenvalue weighted by Crippen LogP contribution is 2.22. The number of aliphatic hydroxyl groups is 1. The number of benzene rings is 2. The van der Waals surface area contributed by atoms with E-state index in [1.165, 1.54) is 0 Å². The molecule has 2 aromatic rings. The number of ketones is 1. The van der Waals surface area contributed by atoms with Crippen LogP contribution >= 0.6 is 0 Å². The Morgan fingerprint density at radius 2 is 1.62 bits per heavy atom. The van der Waals surface area contributed by atoms with Gasteiger partial charge >= 0.3 is 0 Å². The van der Waals surface area contributed by atoms with E-state index < -0.39 is 6.10 Å². The maximum atomic E-state index is 12.3. The molecule has 1 N–H and O–H groups in total. The summed E-state index contributed by atoms with van der Waals surface area (Å²) in [5.74, 6) is 0.374. The van der Waals surface area contributed by atoms with E-state index in [0.29, 0.717) is 16.9 Å². The van der Waals surface area contributed by atoms with Crippen molar-refractivity contribution in [2.24, 2.45) is 0 Å². The SMILES string of the molecule is COc1ccc(C(O)C(=O)c2ccc(N(C)C)cc2)cc1. The molecule has 0 aliphatic carbocycles. The quantitative estimate of drug-likeness (QED) is 0.858. The van der Waals surface area contributed by atoms with Gasteiger partial charge in [0.25, 0.3) is 0 Å². The van der Waals surface area contributed by atoms with Crippen LogP contribution in [0, 0.1) is 0 Å². The lowest BCUT2D eigenvalue weighted by molar-refractivity contribution is 0.0747. The number of Topliss-reactive ketones (excluding diaryl/α,β-unsaturated/α-hetero) is 1. The predicted octanol–water partition coefficient (Wildman–Crippen LogP) is 2.68. The normalized spacial score (nSPS) is 11.8. The molecular weight excluding hydrogens is 266 g/mol. The van der Waals surface area contributed by atoms with E-state index in [0.717, 1.165) is 5.69 Å². The van der Waals surface area contributed by atoms with E-state index in [-0.39, 0.29) is 5.78 Å². The molecule has 0 heterocycles. The van der Waals surface area contributed by atoms with E-state index in [1.807, 2.05) is 31.1 Å². The summed E-state index contributed by atoms with van der Waals surface area (Å²) in [6.07, 6.45) is -1.17. The highest BCUT2D eigenvalue weighted by molar-refractivity contribution is 6.00. The molecule has 0 saturated carbocycles. The smallest absolute Gasteiger partial charge is 0.195 e. The van der Waals surface area contributed by atoms with Gasteiger partial charge in [0.2, 0.25) is 0 Å². The van der Waals surface area contributed by atoms with Crippen molar-refractivity contribution in [3.8, 4) is 5.75 Å². The van der Waals surface area contributed by atoms with Crippen LogP contribution in [-0.2, 0) is 0 Å². The average Bonchev–Trinajstić information content (AvgIpc) is 2.53. The number of carbonyl (C=O) groups excluding carboxylic acids is 1. The highest BCUT2D eigenvalue weighted by Gasteiger charge is 2.19. The fourth-order valence-corrected chi connectivity index (χ4v) is 2.02. The van der Waals surface area contributed by atoms with Crippen LogP contribution in [0.15, 0.2) is 48.5 Å². The number of carbonyl (C=O) groups is 1. The highest BCUT2D eigenvalue weighted by atomic mass is 16.5. The van der Waals surface area contributed by atoms with Crippen molar-refractivity contribution in [2.75, 3.05) is 26.1 Å². The topological polar surface area (TPSA) is 49.8 Å². The lowest BCUT2D eigenvalue weighted by Gasteiger charge is -2.14. The number of ether oxygens (including phenoxy) is 1. The Hall–Kier alpha value is -2.33. The number of methoxy groups -OCH3 is 1. The summed E-state index contributed by atoms with van der Waals surface area (Å²) in [6.45, 7) is 0. The minimum Gasteiger partial charge on any atom is -0.497 e. The molecule has 0 bridgehead atoms. The Bertz CT molecular complexity index is 603. The molecule has 110 valence electrons. The van der Waals surface area contributed by atoms with Crippen molar-refractivity contribution in [3.05, 3.63) is 59.7 Å². The van der Waals surface area contributed by atoms with E-state index in [4.69, 9.17) is 4.74 Å². The van der Waals surface area contributed by atoms with Gasteiger partial charge in [-0.25, -0.2) is 0 Å². The molecule has 0 radical (unpaired) electrons. The molecule has 0 fully saturated rings. The Morgan fingerprint density at radius 1 is 1.05 bits per heavy atom. The summed E-state index contributed by atoms with van der Waals surface area (Å²) >= 11 is 0. The molecular formula is C17H19NO3. The Balaban J connectivity index is 2.17. The van der Waals surface area contributed by atoms with Crippen LogP contribution in [0.2, 0.25) is 0 Å². The van der Waals surface area contributed by atoms with Gasteiger partial charge in [0.15, 0.2) is 5.78 Å². The van der Waals surface area contributed by atoms with Crippen molar-refractivity contribution in [1.82, 2.24) is 0 Å². The van der Waals surface area contributed by atoms with Crippen LogP contribution in [0.1, 0.15) is 22.0 Å². The van der Waals surface area contributed by atoms with Crippen LogP contribution in [0.5, 0.6) is 5.75 Å². The third-order valence-corrected chi connectivity index (χ3v) is 3.35. The van der Waals surface area contributed by atoms with Gasteiger partial charge < -0.3 is 14.7 Å². The Kier molecular flexibility index (Phi) is 4.60. The van der Waals surface area contributed by atoms with E-state index in [2.05, 4.69) is 0 Å². The summed E-state index contributed by atoms with van der Waals surface area (Å²) in [4.78, 5) is 14.2. The molecule has 4 heteroatoms. The van der Waals surface area contributed by atoms with Gasteiger partial charge in [-0.3, -0.25) is 4.79 Å². The summed E-state index contributed by atoms with van der Waals surface area (Å²) in [5.41, 5.74) is 2.05. The molecule has 0 saturated heterocycles. The van der Waals surface area contributed by atoms with Gasteiger partial charge in [0.1, 0.15) is 11.9 Å². The van der Waals surface area contributed by atoms with Gasteiger partial charge in [-0.1, -0.05) is 12.1 Å². The fourth-order valence-electron chi connectivity index (χ4n) is 2.02. The monoisotopic (exact) mass is 285 g/mol. The van der Waals surface area contributed by atoms with Crippen molar-refractivity contribution in [2.45, 2.75) is 6.10 Å². The van der Waals surface area contributed by atoms with E-state index in [1.54, 1.807) is 43.5 Å². The van der Waals surface area contributed by atoms with Crippen molar-refractivity contribution in [3.63, 3.8) is 0 Å². The molecule has 21 heavy (non-hydrogen) atoms. The van der Waals surface area contributed by atoms with Crippen molar-refractivity contribution >= 4 is 11.5 Å². The first-order chi connectivity index (χ1) is 10.0. The number of hydrogen-bond donors (Lipinski definition) is 1. The Labute approximate surface area is 124 Å². The number of nitrogens with zero attached hydrogens (tertiary/aromatic N) is 1. The predicted molar refractivity (Wildman–Crippen MR) is 83.1 cm³/mol. The minimum atomic E-state index is -1.17. The second kappa shape index (κ2) is 6.41. The van der Waals surface area contributed by atoms with Gasteiger partial charge in [-0.05, 0) is 42.0 Å². The zero-order valence-electron chi connectivity index (χ0n) is 12.4. The van der Waals surface area contributed by atoms with Gasteiger partial charge in [0, 0.05) is 25.3 Å². The molecule has 0 aliphatic heterocycles. The minimum absolute atomic E-state index is 0.314. The van der Waals surface area contributed by atoms with Gasteiger partial charge in [0.05, 0.1) is 7.11 Å². The molecule has 0 aromatic heterocycles. The van der Waals surface area contributed by atoms with Gasteiger partial charge in [-0.2, -0.15) is 0 Å². The van der Waals surface area contributed by atoms with Crippen molar-refractivity contribution < 1.29 is 14.6 Å². The number of hydrogen-bond acceptors (Lipinski definition) is 4. The first-order valence-electron chi connectivity index (χ1n) is 6.66. The maximum absolute atomic E-state index is 12.3. The molecule has 0 aliphatic rings. The largest absolute Gasteiger partial charge is 0.497 e. The molecule has 0 spiro atoms. The molecule has 1 unspecified atom stereocenters. The van der Waals surface area contributed by atoms with Crippen LogP contribution in [-0.4, -0.2) is 32.1 Å². The standard InChI is InChI=1S/C17H19NO3/c1-18(2)14-8-4-12(5-9-14)16(19)17(20)13-6-10-15(21-3)11-7-13/h4-11,17,20H,1-3H3. The molecule has 0 amide bonds. The maximum Gasteiger partial charge on any atom is 0.195 e. The lowest BCUT2D eigenvalue weighted by atomic mass is 9.99. The summed E-state index contributed by atoms with van der Waals surface area (Å²) in [7, 11) is 5.44. The van der Waals surface area contributed by atoms with Gasteiger partial charge in [-0.15, -0.1) is 0 Å². The third kappa shape index (κ3) is 3.41. The van der Waals surface area contributed by atoms with E-state index in [9.17, 15) is 9.90 Å². The molecule has 1 atom stereocenters. The molecule has 2 aromatic carbocycles. The van der Waals surface area contributed by atoms with Crippen LogP contribution < -0.4 is 9.64 Å². The van der Waals surface area contributed by atoms with Crippen LogP contribution in [0.4, 0.5) is 5.69 Å². The third-order valence-electron chi connectivity index (χ3n) is 3.35. The second-order valence-corrected chi connectivity index (χ2v) is 4.98. The van der Waals surface area contributed by atoms with Crippen LogP contribution in [0.25, 0.3) is 0 Å². The first-order valence-corrected chi connectivity index (χ1v) is 6.66.